The number of hydrogen-bond donors (Lipinski definition) is 1. The van der Waals surface area contributed by atoms with Crippen molar-refractivity contribution < 1.29 is 4.79 Å². The Morgan fingerprint density at radius 3 is 2.61 bits per heavy atom. The molecule has 0 radical (unpaired) electrons. The number of nitrogens with one attached hydrogen (secondary N) is 1. The van der Waals surface area contributed by atoms with Crippen LogP contribution < -0.4 is 5.32 Å². The van der Waals surface area contributed by atoms with Gasteiger partial charge in [-0.2, -0.15) is 11.8 Å². The van der Waals surface area contributed by atoms with Gasteiger partial charge in [0.15, 0.2) is 0 Å². The van der Waals surface area contributed by atoms with Crippen LogP contribution in [0, 0.1) is 5.41 Å². The van der Waals surface area contributed by atoms with Gasteiger partial charge in [0.2, 0.25) is 5.91 Å². The molecule has 18 heavy (non-hydrogen) atoms. The van der Waals surface area contributed by atoms with E-state index in [4.69, 9.17) is 0 Å². The maximum atomic E-state index is 11.9. The van der Waals surface area contributed by atoms with Crippen LogP contribution in [0.5, 0.6) is 0 Å². The summed E-state index contributed by atoms with van der Waals surface area (Å²) in [5.74, 6) is 2.71. The number of amides is 1. The first-order valence-corrected chi connectivity index (χ1v) is 8.25. The summed E-state index contributed by atoms with van der Waals surface area (Å²) in [6.45, 7) is 11.2. The van der Waals surface area contributed by atoms with Crippen LogP contribution in [0.3, 0.4) is 0 Å². The number of thioether (sulfide) groups is 1. The van der Waals surface area contributed by atoms with Crippen molar-refractivity contribution in [3.63, 3.8) is 0 Å². The highest BCUT2D eigenvalue weighted by Gasteiger charge is 2.32. The van der Waals surface area contributed by atoms with Gasteiger partial charge in [-0.3, -0.25) is 4.79 Å². The molecule has 1 rings (SSSR count). The van der Waals surface area contributed by atoms with Crippen LogP contribution in [-0.2, 0) is 4.79 Å². The molecule has 1 N–H and O–H groups in total. The van der Waals surface area contributed by atoms with Gasteiger partial charge in [0.25, 0.3) is 0 Å². The highest BCUT2D eigenvalue weighted by atomic mass is 32.2. The highest BCUT2D eigenvalue weighted by molar-refractivity contribution is 7.99. The van der Waals surface area contributed by atoms with E-state index in [-0.39, 0.29) is 5.91 Å². The fourth-order valence-electron chi connectivity index (χ4n) is 2.36. The third-order valence-corrected chi connectivity index (χ3v) is 5.03. The summed E-state index contributed by atoms with van der Waals surface area (Å²) in [5.41, 5.74) is 0.365. The van der Waals surface area contributed by atoms with Gasteiger partial charge in [0.05, 0.1) is 0 Å². The number of carbonyl (C=O) groups is 1. The molecule has 1 unspecified atom stereocenters. The maximum absolute atomic E-state index is 11.9. The van der Waals surface area contributed by atoms with Crippen LogP contribution in [0.1, 0.15) is 40.5 Å². The molecule has 1 fully saturated rings. The van der Waals surface area contributed by atoms with Crippen molar-refractivity contribution in [3.05, 3.63) is 0 Å². The summed E-state index contributed by atoms with van der Waals surface area (Å²) < 4.78 is 0. The monoisotopic (exact) mass is 272 g/mol. The quantitative estimate of drug-likeness (QED) is 0.805. The fourth-order valence-corrected chi connectivity index (χ4v) is 4.00. The van der Waals surface area contributed by atoms with Gasteiger partial charge in [-0.15, -0.1) is 0 Å². The Morgan fingerprint density at radius 2 is 2.06 bits per heavy atom. The molecule has 0 aromatic rings. The van der Waals surface area contributed by atoms with Crippen LogP contribution >= 0.6 is 11.8 Å². The average Bonchev–Trinajstić information content (AvgIpc) is 2.32. The van der Waals surface area contributed by atoms with Gasteiger partial charge in [0, 0.05) is 37.8 Å². The summed E-state index contributed by atoms with van der Waals surface area (Å²) in [6, 6.07) is 0.542. The van der Waals surface area contributed by atoms with Crippen LogP contribution in [0.25, 0.3) is 0 Å². The van der Waals surface area contributed by atoms with Crippen molar-refractivity contribution >= 4 is 17.7 Å². The second-order valence-electron chi connectivity index (χ2n) is 5.64. The van der Waals surface area contributed by atoms with Crippen LogP contribution in [0.2, 0.25) is 0 Å². The van der Waals surface area contributed by atoms with Crippen LogP contribution in [0.15, 0.2) is 0 Å². The zero-order chi connectivity index (χ0) is 13.6. The van der Waals surface area contributed by atoms with Crippen LogP contribution in [-0.4, -0.2) is 48.0 Å². The average molecular weight is 272 g/mol. The van der Waals surface area contributed by atoms with Crippen molar-refractivity contribution in [2.75, 3.05) is 31.1 Å². The molecular weight excluding hydrogens is 244 g/mol. The topological polar surface area (TPSA) is 32.3 Å². The molecule has 0 bridgehead atoms. The molecular formula is C14H28N2OS. The second kappa shape index (κ2) is 7.39. The Labute approximate surface area is 116 Å². The van der Waals surface area contributed by atoms with E-state index in [2.05, 4.69) is 19.2 Å². The van der Waals surface area contributed by atoms with Crippen molar-refractivity contribution in [2.45, 2.75) is 46.6 Å². The summed E-state index contributed by atoms with van der Waals surface area (Å²) in [4.78, 5) is 13.8. The third-order valence-electron chi connectivity index (χ3n) is 3.96. The zero-order valence-electron chi connectivity index (χ0n) is 12.3. The molecule has 1 saturated heterocycles. The lowest BCUT2D eigenvalue weighted by molar-refractivity contribution is -0.130. The Bertz CT molecular complexity index is 265. The Morgan fingerprint density at radius 1 is 1.39 bits per heavy atom. The van der Waals surface area contributed by atoms with E-state index >= 15 is 0 Å². The van der Waals surface area contributed by atoms with Gasteiger partial charge >= 0.3 is 0 Å². The van der Waals surface area contributed by atoms with Crippen LogP contribution in [0.4, 0.5) is 0 Å². The van der Waals surface area contributed by atoms with Gasteiger partial charge in [0.1, 0.15) is 0 Å². The first-order valence-electron chi connectivity index (χ1n) is 7.10. The second-order valence-corrected chi connectivity index (χ2v) is 6.79. The van der Waals surface area contributed by atoms with Gasteiger partial charge in [-0.05, 0) is 31.4 Å². The lowest BCUT2D eigenvalue weighted by Gasteiger charge is -2.39. The van der Waals surface area contributed by atoms with Gasteiger partial charge in [-0.25, -0.2) is 0 Å². The molecule has 106 valence electrons. The fraction of sp³-hybridized carbons (Fsp3) is 0.929. The van der Waals surface area contributed by atoms with Gasteiger partial charge < -0.3 is 10.2 Å². The van der Waals surface area contributed by atoms with E-state index in [9.17, 15) is 4.79 Å². The predicted molar refractivity (Wildman–Crippen MR) is 80.1 cm³/mol. The maximum Gasteiger partial charge on any atom is 0.223 e. The number of rotatable bonds is 6. The first-order chi connectivity index (χ1) is 8.51. The zero-order valence-corrected chi connectivity index (χ0v) is 13.1. The van der Waals surface area contributed by atoms with E-state index in [1.807, 2.05) is 30.5 Å². The lowest BCUT2D eigenvalue weighted by atomic mass is 9.82. The molecule has 0 aromatic heterocycles. The Balaban J connectivity index is 2.30. The molecule has 0 aromatic carbocycles. The molecule has 0 saturated carbocycles. The molecule has 0 spiro atoms. The number of hydrogen-bond acceptors (Lipinski definition) is 3. The van der Waals surface area contributed by atoms with Crippen molar-refractivity contribution in [1.82, 2.24) is 10.2 Å². The standard InChI is InChI=1S/C14H28N2OS/c1-5-16(6-2)13(17)7-9-15-12-11-18-10-8-14(12,3)4/h12,15H,5-11H2,1-4H3. The predicted octanol–water partition coefficient (Wildman–Crippen LogP) is 2.37. The highest BCUT2D eigenvalue weighted by Crippen LogP contribution is 2.33. The lowest BCUT2D eigenvalue weighted by Crippen LogP contribution is -2.47. The molecule has 1 atom stereocenters. The van der Waals surface area contributed by atoms with Crippen molar-refractivity contribution in [2.24, 2.45) is 5.41 Å². The molecule has 1 aliphatic rings. The summed E-state index contributed by atoms with van der Waals surface area (Å²) in [7, 11) is 0. The molecule has 4 heteroatoms. The SMILES string of the molecule is CCN(CC)C(=O)CCNC1CSCCC1(C)C. The molecule has 1 amide bonds. The molecule has 3 nitrogen and oxygen atoms in total. The summed E-state index contributed by atoms with van der Waals surface area (Å²) in [5, 5.41) is 3.58. The van der Waals surface area contributed by atoms with E-state index < -0.39 is 0 Å². The third kappa shape index (κ3) is 4.47. The Kier molecular flexibility index (Phi) is 6.50. The van der Waals surface area contributed by atoms with E-state index in [0.717, 1.165) is 19.6 Å². The summed E-state index contributed by atoms with van der Waals surface area (Å²) in [6.07, 6.45) is 1.89. The van der Waals surface area contributed by atoms with Gasteiger partial charge in [-0.1, -0.05) is 13.8 Å². The normalized spacial score (nSPS) is 22.8. The number of carbonyl (C=O) groups excluding carboxylic acids is 1. The summed E-state index contributed by atoms with van der Waals surface area (Å²) >= 11 is 2.02. The first kappa shape index (κ1) is 15.8. The van der Waals surface area contributed by atoms with E-state index in [0.29, 0.717) is 17.9 Å². The van der Waals surface area contributed by atoms with E-state index in [1.165, 1.54) is 17.9 Å². The van der Waals surface area contributed by atoms with Crippen molar-refractivity contribution in [1.29, 1.82) is 0 Å². The molecule has 0 aliphatic carbocycles. The molecule has 1 aliphatic heterocycles. The minimum atomic E-state index is 0.272. The largest absolute Gasteiger partial charge is 0.343 e. The minimum Gasteiger partial charge on any atom is -0.343 e. The van der Waals surface area contributed by atoms with Crippen molar-refractivity contribution in [3.8, 4) is 0 Å². The number of nitrogens with zero attached hydrogens (tertiary/aromatic N) is 1. The Hall–Kier alpha value is -0.220. The minimum absolute atomic E-state index is 0.272. The molecule has 1 heterocycles. The van der Waals surface area contributed by atoms with E-state index in [1.54, 1.807) is 0 Å². The smallest absolute Gasteiger partial charge is 0.223 e.